The van der Waals surface area contributed by atoms with Gasteiger partial charge in [0.15, 0.2) is 17.5 Å². The van der Waals surface area contributed by atoms with Crippen LogP contribution < -0.4 is 10.6 Å². The minimum atomic E-state index is -1.53. The van der Waals surface area contributed by atoms with E-state index in [9.17, 15) is 13.2 Å². The highest BCUT2D eigenvalue weighted by Gasteiger charge is 2.16. The summed E-state index contributed by atoms with van der Waals surface area (Å²) >= 11 is 0. The first kappa shape index (κ1) is 15.5. The van der Waals surface area contributed by atoms with Gasteiger partial charge in [-0.05, 0) is 25.0 Å². The minimum Gasteiger partial charge on any atom is -0.376 e. The SMILES string of the molecule is Fc1ccc(Nc2cc(NCC3CCCO3)ncn2)c(F)c1F. The van der Waals surface area contributed by atoms with Crippen LogP contribution in [0, 0.1) is 17.5 Å². The third kappa shape index (κ3) is 3.70. The smallest absolute Gasteiger partial charge is 0.196 e. The van der Waals surface area contributed by atoms with Gasteiger partial charge < -0.3 is 15.4 Å². The summed E-state index contributed by atoms with van der Waals surface area (Å²) in [5.41, 5.74) is -0.201. The number of aromatic nitrogens is 2. The lowest BCUT2D eigenvalue weighted by molar-refractivity contribution is 0.120. The van der Waals surface area contributed by atoms with Crippen molar-refractivity contribution in [3.8, 4) is 0 Å². The van der Waals surface area contributed by atoms with Crippen molar-refractivity contribution in [1.29, 1.82) is 0 Å². The van der Waals surface area contributed by atoms with Crippen LogP contribution in [0.4, 0.5) is 30.5 Å². The largest absolute Gasteiger partial charge is 0.376 e. The second-order valence-corrected chi connectivity index (χ2v) is 5.15. The maximum absolute atomic E-state index is 13.6. The molecule has 0 aliphatic carbocycles. The molecule has 2 heterocycles. The van der Waals surface area contributed by atoms with E-state index >= 15 is 0 Å². The van der Waals surface area contributed by atoms with Crippen LogP contribution in [0.2, 0.25) is 0 Å². The predicted octanol–water partition coefficient (Wildman–Crippen LogP) is 3.23. The van der Waals surface area contributed by atoms with Crippen molar-refractivity contribution >= 4 is 17.3 Å². The Kier molecular flexibility index (Phi) is 4.61. The van der Waals surface area contributed by atoms with E-state index in [4.69, 9.17) is 4.74 Å². The Morgan fingerprint density at radius 3 is 2.74 bits per heavy atom. The summed E-state index contributed by atoms with van der Waals surface area (Å²) in [5.74, 6) is -3.27. The number of anilines is 3. The highest BCUT2D eigenvalue weighted by atomic mass is 19.2. The molecular formula is C15H15F3N4O. The zero-order valence-corrected chi connectivity index (χ0v) is 12.2. The first-order chi connectivity index (χ1) is 11.1. The fraction of sp³-hybridized carbons (Fsp3) is 0.333. The van der Waals surface area contributed by atoms with Gasteiger partial charge in [0.25, 0.3) is 0 Å². The maximum atomic E-state index is 13.6. The van der Waals surface area contributed by atoms with E-state index in [1.807, 2.05) is 0 Å². The molecule has 1 atom stereocenters. The lowest BCUT2D eigenvalue weighted by atomic mass is 10.2. The average Bonchev–Trinajstić information content (AvgIpc) is 3.07. The van der Waals surface area contributed by atoms with Gasteiger partial charge in [-0.3, -0.25) is 0 Å². The van der Waals surface area contributed by atoms with E-state index in [2.05, 4.69) is 20.6 Å². The Morgan fingerprint density at radius 2 is 1.96 bits per heavy atom. The zero-order chi connectivity index (χ0) is 16.2. The molecule has 1 aliphatic rings. The van der Waals surface area contributed by atoms with Crippen molar-refractivity contribution in [2.24, 2.45) is 0 Å². The van der Waals surface area contributed by atoms with Crippen LogP contribution >= 0.6 is 0 Å². The molecule has 0 amide bonds. The summed E-state index contributed by atoms with van der Waals surface area (Å²) in [4.78, 5) is 7.98. The van der Waals surface area contributed by atoms with Gasteiger partial charge in [0.2, 0.25) is 0 Å². The van der Waals surface area contributed by atoms with E-state index in [1.54, 1.807) is 6.07 Å². The Morgan fingerprint density at radius 1 is 1.13 bits per heavy atom. The molecule has 1 aromatic heterocycles. The molecule has 2 aromatic rings. The van der Waals surface area contributed by atoms with Gasteiger partial charge in [0.05, 0.1) is 11.8 Å². The molecule has 1 aromatic carbocycles. The fourth-order valence-electron chi connectivity index (χ4n) is 2.31. The molecule has 0 radical (unpaired) electrons. The molecule has 0 bridgehead atoms. The van der Waals surface area contributed by atoms with Crippen LogP contribution in [0.5, 0.6) is 0 Å². The number of halogens is 3. The van der Waals surface area contributed by atoms with Crippen LogP contribution in [0.3, 0.4) is 0 Å². The van der Waals surface area contributed by atoms with Gasteiger partial charge >= 0.3 is 0 Å². The molecule has 8 heteroatoms. The molecular weight excluding hydrogens is 309 g/mol. The standard InChI is InChI=1S/C15H15F3N4O/c16-10-3-4-11(15(18)14(10)17)22-13-6-12(20-8-21-13)19-7-9-2-1-5-23-9/h3-4,6,8-9H,1-2,5,7H2,(H2,19,20,21,22). The molecule has 0 saturated carbocycles. The molecule has 1 unspecified atom stereocenters. The summed E-state index contributed by atoms with van der Waals surface area (Å²) in [6.07, 6.45) is 3.46. The normalized spacial score (nSPS) is 17.3. The molecule has 122 valence electrons. The second kappa shape index (κ2) is 6.82. The lowest BCUT2D eigenvalue weighted by Crippen LogP contribution is -2.19. The zero-order valence-electron chi connectivity index (χ0n) is 12.2. The molecule has 1 aliphatic heterocycles. The Balaban J connectivity index is 1.68. The third-order valence-electron chi connectivity index (χ3n) is 3.50. The number of hydrogen-bond acceptors (Lipinski definition) is 5. The summed E-state index contributed by atoms with van der Waals surface area (Å²) in [6.45, 7) is 1.37. The van der Waals surface area contributed by atoms with Crippen molar-refractivity contribution in [2.75, 3.05) is 23.8 Å². The molecule has 1 saturated heterocycles. The molecule has 3 rings (SSSR count). The maximum Gasteiger partial charge on any atom is 0.196 e. The van der Waals surface area contributed by atoms with Gasteiger partial charge in [-0.1, -0.05) is 0 Å². The van der Waals surface area contributed by atoms with E-state index in [0.717, 1.165) is 31.6 Å². The van der Waals surface area contributed by atoms with Crippen LogP contribution in [0.1, 0.15) is 12.8 Å². The molecule has 2 N–H and O–H groups in total. The van der Waals surface area contributed by atoms with E-state index in [0.29, 0.717) is 12.4 Å². The van der Waals surface area contributed by atoms with Crippen molar-refractivity contribution < 1.29 is 17.9 Å². The van der Waals surface area contributed by atoms with Crippen LogP contribution in [-0.2, 0) is 4.74 Å². The number of rotatable bonds is 5. The second-order valence-electron chi connectivity index (χ2n) is 5.15. The molecule has 23 heavy (non-hydrogen) atoms. The highest BCUT2D eigenvalue weighted by Crippen LogP contribution is 2.23. The third-order valence-corrected chi connectivity index (χ3v) is 3.50. The van der Waals surface area contributed by atoms with Gasteiger partial charge in [-0.15, -0.1) is 0 Å². The van der Waals surface area contributed by atoms with Crippen molar-refractivity contribution in [2.45, 2.75) is 18.9 Å². The Labute approximate surface area is 130 Å². The minimum absolute atomic E-state index is 0.144. The molecule has 5 nitrogen and oxygen atoms in total. The van der Waals surface area contributed by atoms with E-state index < -0.39 is 17.5 Å². The molecule has 0 spiro atoms. The van der Waals surface area contributed by atoms with Crippen LogP contribution in [0.15, 0.2) is 24.5 Å². The number of nitrogens with one attached hydrogen (secondary N) is 2. The van der Waals surface area contributed by atoms with Crippen LogP contribution in [-0.4, -0.2) is 29.2 Å². The van der Waals surface area contributed by atoms with Gasteiger partial charge in [-0.25, -0.2) is 23.1 Å². The van der Waals surface area contributed by atoms with Gasteiger partial charge in [0.1, 0.15) is 18.0 Å². The Bertz CT molecular complexity index is 692. The van der Waals surface area contributed by atoms with Crippen molar-refractivity contribution in [3.63, 3.8) is 0 Å². The first-order valence-corrected chi connectivity index (χ1v) is 7.21. The number of benzene rings is 1. The summed E-state index contributed by atoms with van der Waals surface area (Å²) in [5, 5.41) is 5.71. The summed E-state index contributed by atoms with van der Waals surface area (Å²) in [7, 11) is 0. The van der Waals surface area contributed by atoms with E-state index in [-0.39, 0.29) is 17.6 Å². The number of hydrogen-bond donors (Lipinski definition) is 2. The van der Waals surface area contributed by atoms with Crippen molar-refractivity contribution in [3.05, 3.63) is 42.0 Å². The highest BCUT2D eigenvalue weighted by molar-refractivity contribution is 5.59. The van der Waals surface area contributed by atoms with Gasteiger partial charge in [0, 0.05) is 19.2 Å². The number of ether oxygens (including phenoxy) is 1. The number of nitrogens with zero attached hydrogens (tertiary/aromatic N) is 2. The van der Waals surface area contributed by atoms with Crippen LogP contribution in [0.25, 0.3) is 0 Å². The molecule has 1 fully saturated rings. The summed E-state index contributed by atoms with van der Waals surface area (Å²) < 4.78 is 45.3. The lowest BCUT2D eigenvalue weighted by Gasteiger charge is -2.12. The average molecular weight is 324 g/mol. The topological polar surface area (TPSA) is 59.1 Å². The van der Waals surface area contributed by atoms with E-state index in [1.165, 1.54) is 6.33 Å². The summed E-state index contributed by atoms with van der Waals surface area (Å²) in [6, 6.07) is 3.50. The monoisotopic (exact) mass is 324 g/mol. The van der Waals surface area contributed by atoms with Gasteiger partial charge in [-0.2, -0.15) is 0 Å². The van der Waals surface area contributed by atoms with Crippen molar-refractivity contribution in [1.82, 2.24) is 9.97 Å². The Hall–Kier alpha value is -2.35. The quantitative estimate of drug-likeness (QED) is 0.827. The predicted molar refractivity (Wildman–Crippen MR) is 79.1 cm³/mol. The fourth-order valence-corrected chi connectivity index (χ4v) is 2.31. The first-order valence-electron chi connectivity index (χ1n) is 7.21.